The normalized spacial score (nSPS) is 13.4. The maximum absolute atomic E-state index is 4.82. The first-order chi connectivity index (χ1) is 8.84. The van der Waals surface area contributed by atoms with E-state index in [1.807, 2.05) is 0 Å². The topological polar surface area (TPSA) is 17.3 Å². The van der Waals surface area contributed by atoms with Crippen LogP contribution in [0.4, 0.5) is 0 Å². The quantitative estimate of drug-likeness (QED) is 0.582. The second kappa shape index (κ2) is 3.45. The first kappa shape index (κ1) is 9.89. The third-order valence-corrected chi connectivity index (χ3v) is 3.84. The zero-order chi connectivity index (χ0) is 12.1. The van der Waals surface area contributed by atoms with Crippen molar-refractivity contribution in [3.05, 3.63) is 59.4 Å². The highest BCUT2D eigenvalue weighted by molar-refractivity contribution is 5.72. The van der Waals surface area contributed by atoms with E-state index >= 15 is 0 Å². The number of hydrogen-bond donors (Lipinski definition) is 0. The van der Waals surface area contributed by atoms with Crippen molar-refractivity contribution in [2.45, 2.75) is 19.8 Å². The average Bonchev–Trinajstić information content (AvgIpc) is 2.79. The summed E-state index contributed by atoms with van der Waals surface area (Å²) in [4.78, 5) is 4.82. The smallest absolute Gasteiger partial charge is 0.137 e. The van der Waals surface area contributed by atoms with Gasteiger partial charge in [0.05, 0.1) is 11.4 Å². The van der Waals surface area contributed by atoms with Gasteiger partial charge in [0.25, 0.3) is 0 Å². The molecule has 2 heterocycles. The van der Waals surface area contributed by atoms with Crippen LogP contribution in [0.25, 0.3) is 16.9 Å². The number of aryl methyl sites for hydroxylation is 3. The van der Waals surface area contributed by atoms with Crippen molar-refractivity contribution in [1.82, 2.24) is 9.38 Å². The monoisotopic (exact) mass is 234 g/mol. The number of fused-ring (bicyclic) bond motifs is 5. The summed E-state index contributed by atoms with van der Waals surface area (Å²) >= 11 is 0. The zero-order valence-electron chi connectivity index (χ0n) is 10.4. The summed E-state index contributed by atoms with van der Waals surface area (Å²) in [7, 11) is 0. The number of imidazole rings is 1. The number of benzene rings is 1. The Morgan fingerprint density at radius 2 is 1.89 bits per heavy atom. The van der Waals surface area contributed by atoms with Gasteiger partial charge in [-0.25, -0.2) is 4.98 Å². The predicted octanol–water partition coefficient (Wildman–Crippen LogP) is 3.41. The Morgan fingerprint density at radius 3 is 2.83 bits per heavy atom. The van der Waals surface area contributed by atoms with Gasteiger partial charge in [0.15, 0.2) is 0 Å². The maximum Gasteiger partial charge on any atom is 0.137 e. The van der Waals surface area contributed by atoms with Crippen LogP contribution in [0.2, 0.25) is 0 Å². The zero-order valence-corrected chi connectivity index (χ0v) is 10.4. The van der Waals surface area contributed by atoms with Gasteiger partial charge in [0.1, 0.15) is 5.65 Å². The van der Waals surface area contributed by atoms with Crippen LogP contribution in [0.3, 0.4) is 0 Å². The number of rotatable bonds is 0. The lowest BCUT2D eigenvalue weighted by Crippen LogP contribution is -2.06. The van der Waals surface area contributed by atoms with Gasteiger partial charge in [-0.15, -0.1) is 0 Å². The minimum atomic E-state index is 1.07. The van der Waals surface area contributed by atoms with Gasteiger partial charge >= 0.3 is 0 Å². The van der Waals surface area contributed by atoms with Gasteiger partial charge in [-0.05, 0) is 37.5 Å². The van der Waals surface area contributed by atoms with Gasteiger partial charge in [-0.1, -0.05) is 30.3 Å². The van der Waals surface area contributed by atoms with Crippen molar-refractivity contribution < 1.29 is 0 Å². The molecule has 1 aliphatic carbocycles. The highest BCUT2D eigenvalue weighted by atomic mass is 15.0. The van der Waals surface area contributed by atoms with Crippen molar-refractivity contribution in [3.8, 4) is 11.3 Å². The van der Waals surface area contributed by atoms with Gasteiger partial charge in [0, 0.05) is 11.3 Å². The van der Waals surface area contributed by atoms with Crippen molar-refractivity contribution in [1.29, 1.82) is 0 Å². The Labute approximate surface area is 106 Å². The molecular weight excluding hydrogens is 220 g/mol. The molecule has 88 valence electrons. The Kier molecular flexibility index (Phi) is 1.90. The predicted molar refractivity (Wildman–Crippen MR) is 72.8 cm³/mol. The van der Waals surface area contributed by atoms with E-state index in [0.29, 0.717) is 0 Å². The summed E-state index contributed by atoms with van der Waals surface area (Å²) in [6.07, 6.45) is 2.20. The fourth-order valence-electron chi connectivity index (χ4n) is 2.99. The Hall–Kier alpha value is -2.09. The van der Waals surface area contributed by atoms with Crippen molar-refractivity contribution in [3.63, 3.8) is 0 Å². The highest BCUT2D eigenvalue weighted by Crippen LogP contribution is 2.33. The summed E-state index contributed by atoms with van der Waals surface area (Å²) in [5.74, 6) is 0. The first-order valence-corrected chi connectivity index (χ1v) is 6.40. The van der Waals surface area contributed by atoms with Crippen molar-refractivity contribution in [2.75, 3.05) is 0 Å². The molecule has 18 heavy (non-hydrogen) atoms. The molecule has 0 saturated heterocycles. The van der Waals surface area contributed by atoms with Gasteiger partial charge in [-0.3, -0.25) is 0 Å². The van der Waals surface area contributed by atoms with E-state index in [2.05, 4.69) is 53.8 Å². The minimum absolute atomic E-state index is 1.07. The van der Waals surface area contributed by atoms with Crippen LogP contribution in [0, 0.1) is 6.92 Å². The largest absolute Gasteiger partial charge is 0.301 e. The second-order valence-corrected chi connectivity index (χ2v) is 4.93. The van der Waals surface area contributed by atoms with Crippen LogP contribution in [-0.2, 0) is 12.8 Å². The van der Waals surface area contributed by atoms with Gasteiger partial charge in [-0.2, -0.15) is 0 Å². The molecule has 4 rings (SSSR count). The van der Waals surface area contributed by atoms with Crippen LogP contribution in [0.5, 0.6) is 0 Å². The van der Waals surface area contributed by atoms with Crippen LogP contribution < -0.4 is 0 Å². The molecule has 2 aromatic heterocycles. The first-order valence-electron chi connectivity index (χ1n) is 6.40. The molecule has 1 aliphatic rings. The Bertz CT molecular complexity index is 753. The van der Waals surface area contributed by atoms with Gasteiger partial charge < -0.3 is 4.40 Å². The number of hydrogen-bond acceptors (Lipinski definition) is 1. The van der Waals surface area contributed by atoms with E-state index < -0.39 is 0 Å². The van der Waals surface area contributed by atoms with Crippen LogP contribution in [-0.4, -0.2) is 9.38 Å². The molecule has 0 bridgehead atoms. The van der Waals surface area contributed by atoms with Crippen molar-refractivity contribution in [2.24, 2.45) is 0 Å². The lowest BCUT2D eigenvalue weighted by Gasteiger charge is -2.16. The van der Waals surface area contributed by atoms with E-state index in [1.165, 1.54) is 28.2 Å². The maximum atomic E-state index is 4.82. The fourth-order valence-corrected chi connectivity index (χ4v) is 2.99. The molecule has 2 nitrogen and oxygen atoms in total. The summed E-state index contributed by atoms with van der Waals surface area (Å²) in [6.45, 7) is 2.15. The average molecular weight is 234 g/mol. The molecule has 0 unspecified atom stereocenters. The molecule has 0 aliphatic heterocycles. The van der Waals surface area contributed by atoms with E-state index in [9.17, 15) is 0 Å². The number of nitrogens with zero attached hydrogens (tertiary/aromatic N) is 2. The third kappa shape index (κ3) is 1.20. The minimum Gasteiger partial charge on any atom is -0.301 e. The molecule has 2 heteroatoms. The molecule has 1 aromatic carbocycles. The molecule has 0 atom stereocenters. The van der Waals surface area contributed by atoms with Gasteiger partial charge in [0.2, 0.25) is 0 Å². The lowest BCUT2D eigenvalue weighted by atomic mass is 9.92. The molecule has 0 spiro atoms. The third-order valence-electron chi connectivity index (χ3n) is 3.84. The summed E-state index contributed by atoms with van der Waals surface area (Å²) in [6, 6.07) is 14.9. The molecule has 0 fully saturated rings. The van der Waals surface area contributed by atoms with E-state index in [0.717, 1.165) is 18.5 Å². The SMILES string of the molecule is Cc1cccc2nc3c(n12)CCc1ccccc1-3. The number of pyridine rings is 1. The standard InChI is InChI=1S/C16H14N2/c1-11-5-4-8-15-17-16-13-7-3-2-6-12(13)9-10-14(16)18(11)15/h2-8H,9-10H2,1H3. The molecule has 3 aromatic rings. The highest BCUT2D eigenvalue weighted by Gasteiger charge is 2.21. The van der Waals surface area contributed by atoms with E-state index in [-0.39, 0.29) is 0 Å². The summed E-state index contributed by atoms with van der Waals surface area (Å²) < 4.78 is 2.30. The van der Waals surface area contributed by atoms with Crippen LogP contribution in [0.1, 0.15) is 17.0 Å². The van der Waals surface area contributed by atoms with Crippen LogP contribution >= 0.6 is 0 Å². The molecular formula is C16H14N2. The Morgan fingerprint density at radius 1 is 1.00 bits per heavy atom. The van der Waals surface area contributed by atoms with E-state index in [1.54, 1.807) is 0 Å². The second-order valence-electron chi connectivity index (χ2n) is 4.93. The summed E-state index contributed by atoms with van der Waals surface area (Å²) in [5, 5.41) is 0. The Balaban J connectivity index is 2.12. The van der Waals surface area contributed by atoms with E-state index in [4.69, 9.17) is 4.98 Å². The molecule has 0 N–H and O–H groups in total. The number of aromatic nitrogens is 2. The summed E-state index contributed by atoms with van der Waals surface area (Å²) in [5.41, 5.74) is 7.60. The molecule has 0 saturated carbocycles. The molecule has 0 radical (unpaired) electrons. The molecule has 0 amide bonds. The lowest BCUT2D eigenvalue weighted by molar-refractivity contribution is 0.868. The van der Waals surface area contributed by atoms with Crippen LogP contribution in [0.15, 0.2) is 42.5 Å². The van der Waals surface area contributed by atoms with Crippen molar-refractivity contribution >= 4 is 5.65 Å². The fraction of sp³-hybridized carbons (Fsp3) is 0.188.